The van der Waals surface area contributed by atoms with E-state index in [2.05, 4.69) is 26.1 Å². The summed E-state index contributed by atoms with van der Waals surface area (Å²) in [5.74, 6) is -0.765. The van der Waals surface area contributed by atoms with Gasteiger partial charge in [-0.05, 0) is 47.6 Å². The van der Waals surface area contributed by atoms with Crippen LogP contribution in [-0.2, 0) is 31.6 Å². The summed E-state index contributed by atoms with van der Waals surface area (Å²) in [6, 6.07) is 13.5. The number of hydrogen-bond donors (Lipinski definition) is 1. The van der Waals surface area contributed by atoms with Crippen LogP contribution >= 0.6 is 11.6 Å². The molecule has 9 heteroatoms. The molecule has 1 atom stereocenters. The second kappa shape index (κ2) is 12.6. The number of carbonyl (C=O) groups excluding carboxylic acids is 2. The molecule has 0 aliphatic carbocycles. The number of rotatable bonds is 11. The second-order valence-corrected chi connectivity index (χ2v) is 12.2. The number of nitrogens with one attached hydrogen (secondary N) is 1. The summed E-state index contributed by atoms with van der Waals surface area (Å²) in [7, 11) is -3.78. The van der Waals surface area contributed by atoms with Gasteiger partial charge in [-0.15, -0.1) is 0 Å². The highest BCUT2D eigenvalue weighted by molar-refractivity contribution is 7.92. The standard InChI is InChI=1S/C27H38ClN3O4S/c1-7-17-29-26(33)24(8-2)30(18-20-11-9-10-12-23(20)28)25(32)19-31(36(6,34)35)22-15-13-21(14-16-22)27(3,4)5/h9-16,24H,7-8,17-19H2,1-6H3,(H,29,33)/t24-/m1/s1. The lowest BCUT2D eigenvalue weighted by molar-refractivity contribution is -0.140. The van der Waals surface area contributed by atoms with Crippen LogP contribution in [0.5, 0.6) is 0 Å². The lowest BCUT2D eigenvalue weighted by Crippen LogP contribution is -2.52. The molecule has 2 amide bonds. The third-order valence-corrected chi connectivity index (χ3v) is 7.44. The van der Waals surface area contributed by atoms with Crippen molar-refractivity contribution in [1.29, 1.82) is 0 Å². The van der Waals surface area contributed by atoms with Gasteiger partial charge in [-0.1, -0.05) is 76.6 Å². The third-order valence-electron chi connectivity index (χ3n) is 5.93. The van der Waals surface area contributed by atoms with Gasteiger partial charge in [-0.3, -0.25) is 13.9 Å². The van der Waals surface area contributed by atoms with E-state index in [1.54, 1.807) is 30.3 Å². The van der Waals surface area contributed by atoms with Crippen molar-refractivity contribution in [2.45, 2.75) is 65.5 Å². The van der Waals surface area contributed by atoms with Crippen LogP contribution in [0.2, 0.25) is 5.02 Å². The van der Waals surface area contributed by atoms with Crippen LogP contribution < -0.4 is 9.62 Å². The first kappa shape index (κ1) is 29.6. The van der Waals surface area contributed by atoms with Crippen LogP contribution in [0.3, 0.4) is 0 Å². The zero-order chi connectivity index (χ0) is 27.1. The lowest BCUT2D eigenvalue weighted by atomic mass is 9.87. The maximum absolute atomic E-state index is 13.7. The Bertz CT molecular complexity index is 1140. The van der Waals surface area contributed by atoms with Crippen LogP contribution in [0.15, 0.2) is 48.5 Å². The molecule has 0 saturated carbocycles. The van der Waals surface area contributed by atoms with E-state index < -0.39 is 28.5 Å². The Kier molecular flexibility index (Phi) is 10.4. The summed E-state index contributed by atoms with van der Waals surface area (Å²) in [4.78, 5) is 28.1. The SMILES string of the molecule is CCCNC(=O)[C@@H](CC)N(Cc1ccccc1Cl)C(=O)CN(c1ccc(C(C)(C)C)cc1)S(C)(=O)=O. The molecule has 0 spiro atoms. The van der Waals surface area contributed by atoms with Crippen LogP contribution in [0.4, 0.5) is 5.69 Å². The first-order valence-electron chi connectivity index (χ1n) is 12.2. The Morgan fingerprint density at radius 1 is 1.03 bits per heavy atom. The molecule has 0 unspecified atom stereocenters. The Labute approximate surface area is 220 Å². The van der Waals surface area contributed by atoms with Gasteiger partial charge in [0.05, 0.1) is 11.9 Å². The maximum Gasteiger partial charge on any atom is 0.244 e. The summed E-state index contributed by atoms with van der Waals surface area (Å²) in [5, 5.41) is 3.33. The molecule has 1 N–H and O–H groups in total. The number of hydrogen-bond acceptors (Lipinski definition) is 4. The fourth-order valence-corrected chi connectivity index (χ4v) is 4.88. The smallest absolute Gasteiger partial charge is 0.244 e. The molecule has 0 aliphatic heterocycles. The monoisotopic (exact) mass is 535 g/mol. The Balaban J connectivity index is 2.44. The highest BCUT2D eigenvalue weighted by atomic mass is 35.5. The van der Waals surface area contributed by atoms with Crippen molar-refractivity contribution in [3.8, 4) is 0 Å². The number of nitrogens with zero attached hydrogens (tertiary/aromatic N) is 2. The Morgan fingerprint density at radius 3 is 2.14 bits per heavy atom. The molecule has 2 aromatic carbocycles. The van der Waals surface area contributed by atoms with E-state index in [4.69, 9.17) is 11.6 Å². The van der Waals surface area contributed by atoms with Crippen molar-refractivity contribution in [3.63, 3.8) is 0 Å². The van der Waals surface area contributed by atoms with Crippen LogP contribution in [0.1, 0.15) is 58.6 Å². The average molecular weight is 536 g/mol. The van der Waals surface area contributed by atoms with Gasteiger partial charge in [0.1, 0.15) is 12.6 Å². The fourth-order valence-electron chi connectivity index (χ4n) is 3.84. The summed E-state index contributed by atoms with van der Waals surface area (Å²) in [5.41, 5.74) is 2.01. The lowest BCUT2D eigenvalue weighted by Gasteiger charge is -2.33. The summed E-state index contributed by atoms with van der Waals surface area (Å²) in [6.07, 6.45) is 2.19. The molecule has 0 radical (unpaired) electrons. The molecular weight excluding hydrogens is 498 g/mol. The second-order valence-electron chi connectivity index (χ2n) is 9.89. The topological polar surface area (TPSA) is 86.8 Å². The molecule has 0 saturated heterocycles. The largest absolute Gasteiger partial charge is 0.354 e. The minimum absolute atomic E-state index is 0.0805. The maximum atomic E-state index is 13.7. The van der Waals surface area contributed by atoms with Gasteiger partial charge < -0.3 is 10.2 Å². The van der Waals surface area contributed by atoms with Crippen LogP contribution in [0.25, 0.3) is 0 Å². The highest BCUT2D eigenvalue weighted by Crippen LogP contribution is 2.27. The van der Waals surface area contributed by atoms with Crippen LogP contribution in [-0.4, -0.2) is 50.5 Å². The Morgan fingerprint density at radius 2 is 1.64 bits per heavy atom. The highest BCUT2D eigenvalue weighted by Gasteiger charge is 2.32. The Hall–Kier alpha value is -2.58. The molecule has 0 aliphatic rings. The average Bonchev–Trinajstić information content (AvgIpc) is 2.80. The molecule has 2 rings (SSSR count). The van der Waals surface area contributed by atoms with E-state index in [9.17, 15) is 18.0 Å². The van der Waals surface area contributed by atoms with Gasteiger partial charge in [0.25, 0.3) is 0 Å². The quantitative estimate of drug-likeness (QED) is 0.450. The van der Waals surface area contributed by atoms with Crippen molar-refractivity contribution < 1.29 is 18.0 Å². The van der Waals surface area contributed by atoms with Crippen LogP contribution in [0, 0.1) is 0 Å². The van der Waals surface area contributed by atoms with E-state index >= 15 is 0 Å². The van der Waals surface area contributed by atoms with Gasteiger partial charge in [-0.2, -0.15) is 0 Å². The minimum Gasteiger partial charge on any atom is -0.354 e. The van der Waals surface area contributed by atoms with Crippen molar-refractivity contribution in [3.05, 3.63) is 64.7 Å². The van der Waals surface area contributed by atoms with Crippen molar-refractivity contribution in [2.75, 3.05) is 23.7 Å². The van der Waals surface area contributed by atoms with Gasteiger partial charge in [0, 0.05) is 18.1 Å². The van der Waals surface area contributed by atoms with Gasteiger partial charge >= 0.3 is 0 Å². The molecule has 0 fully saturated rings. The molecule has 0 bridgehead atoms. The number of benzene rings is 2. The van der Waals surface area contributed by atoms with Gasteiger partial charge in [-0.25, -0.2) is 8.42 Å². The molecule has 2 aromatic rings. The first-order valence-corrected chi connectivity index (χ1v) is 14.4. The fraction of sp³-hybridized carbons (Fsp3) is 0.481. The molecule has 0 heterocycles. The summed E-state index contributed by atoms with van der Waals surface area (Å²) in [6.45, 7) is 10.1. The summed E-state index contributed by atoms with van der Waals surface area (Å²) >= 11 is 6.37. The minimum atomic E-state index is -3.78. The predicted octanol–water partition coefficient (Wildman–Crippen LogP) is 4.74. The molecule has 7 nitrogen and oxygen atoms in total. The number of carbonyl (C=O) groups is 2. The normalized spacial score (nSPS) is 12.6. The molecule has 0 aromatic heterocycles. The van der Waals surface area contributed by atoms with Crippen molar-refractivity contribution in [1.82, 2.24) is 10.2 Å². The van der Waals surface area contributed by atoms with E-state index in [-0.39, 0.29) is 17.9 Å². The molecule has 198 valence electrons. The summed E-state index contributed by atoms with van der Waals surface area (Å²) < 4.78 is 26.6. The zero-order valence-electron chi connectivity index (χ0n) is 22.0. The van der Waals surface area contributed by atoms with E-state index in [1.807, 2.05) is 32.0 Å². The van der Waals surface area contributed by atoms with E-state index in [0.717, 1.165) is 22.5 Å². The van der Waals surface area contributed by atoms with Gasteiger partial charge in [0.2, 0.25) is 21.8 Å². The zero-order valence-corrected chi connectivity index (χ0v) is 23.6. The molecular formula is C27H38ClN3O4S. The number of anilines is 1. The van der Waals surface area contributed by atoms with Crippen molar-refractivity contribution >= 4 is 39.1 Å². The number of amides is 2. The number of halogens is 1. The molecule has 36 heavy (non-hydrogen) atoms. The number of sulfonamides is 1. The van der Waals surface area contributed by atoms with E-state index in [1.165, 1.54) is 4.90 Å². The van der Waals surface area contributed by atoms with E-state index in [0.29, 0.717) is 29.2 Å². The third kappa shape index (κ3) is 7.96. The van der Waals surface area contributed by atoms with Crippen molar-refractivity contribution in [2.24, 2.45) is 0 Å². The first-order chi connectivity index (χ1) is 16.8. The van der Waals surface area contributed by atoms with Gasteiger partial charge in [0.15, 0.2) is 0 Å². The predicted molar refractivity (Wildman–Crippen MR) is 147 cm³/mol.